The summed E-state index contributed by atoms with van der Waals surface area (Å²) in [4.78, 5) is 97.9. The van der Waals surface area contributed by atoms with Crippen LogP contribution in [0.5, 0.6) is 17.2 Å². The van der Waals surface area contributed by atoms with Gasteiger partial charge in [-0.3, -0.25) is 29.1 Å². The van der Waals surface area contributed by atoms with E-state index in [9.17, 15) is 113 Å². The summed E-state index contributed by atoms with van der Waals surface area (Å²) in [7, 11) is 4.53. The minimum atomic E-state index is -5.06. The Balaban J connectivity index is 0.000000154. The van der Waals surface area contributed by atoms with Crippen molar-refractivity contribution in [3.05, 3.63) is 229 Å². The predicted octanol–water partition coefficient (Wildman–Crippen LogP) is 23.8. The van der Waals surface area contributed by atoms with Crippen molar-refractivity contribution in [1.29, 1.82) is 0 Å². The first-order chi connectivity index (χ1) is 67.4. The lowest BCUT2D eigenvalue weighted by molar-refractivity contribution is -0.145. The molecule has 0 unspecified atom stereocenters. The maximum absolute atomic E-state index is 13.6. The van der Waals surface area contributed by atoms with E-state index in [4.69, 9.17) is 53.6 Å². The number of cyclic esters (lactones) is 3. The number of rotatable bonds is 26. The number of hydrogen-bond donors (Lipinski definition) is 3. The Bertz CT molecular complexity index is 5980. The van der Waals surface area contributed by atoms with Gasteiger partial charge in [0.25, 0.3) is 0 Å². The van der Waals surface area contributed by atoms with Crippen molar-refractivity contribution in [2.45, 2.75) is 202 Å². The van der Waals surface area contributed by atoms with Crippen LogP contribution in [-0.4, -0.2) is 160 Å². The van der Waals surface area contributed by atoms with Crippen molar-refractivity contribution in [2.24, 2.45) is 17.8 Å². The Kier molecular flexibility index (Phi) is 28.7. The van der Waals surface area contributed by atoms with E-state index in [1.807, 2.05) is 99.6 Å². The van der Waals surface area contributed by atoms with Gasteiger partial charge in [-0.1, -0.05) is 18.2 Å². The van der Waals surface area contributed by atoms with Crippen LogP contribution in [0.3, 0.4) is 0 Å². The molecule has 3 amide bonds. The molecule has 143 heavy (non-hydrogen) atoms. The molecule has 6 saturated heterocycles. The van der Waals surface area contributed by atoms with Crippen molar-refractivity contribution in [3.8, 4) is 50.6 Å². The van der Waals surface area contributed by atoms with Crippen LogP contribution in [0.2, 0.25) is 0 Å². The van der Waals surface area contributed by atoms with Gasteiger partial charge in [-0.05, 0) is 269 Å². The molecule has 9 heterocycles. The molecule has 0 spiro atoms. The topological polar surface area (TPSA) is 277 Å². The molecule has 3 aliphatic carbocycles. The second-order valence-corrected chi connectivity index (χ2v) is 37.4. The van der Waals surface area contributed by atoms with Crippen LogP contribution in [0.15, 0.2) is 146 Å². The third kappa shape index (κ3) is 22.2. The zero-order valence-corrected chi connectivity index (χ0v) is 77.5. The Labute approximate surface area is 806 Å². The number of alkyl halides is 18. The number of anilines is 3. The Morgan fingerprint density at radius 1 is 0.336 bits per heavy atom. The summed E-state index contributed by atoms with van der Waals surface area (Å²) in [6, 6.07) is 28.8. The Morgan fingerprint density at radius 2 is 0.580 bits per heavy atom. The zero-order valence-electron chi connectivity index (χ0n) is 77.5. The lowest BCUT2D eigenvalue weighted by atomic mass is 9.70. The van der Waals surface area contributed by atoms with E-state index in [0.29, 0.717) is 134 Å². The highest BCUT2D eigenvalue weighted by atomic mass is 19.4. The van der Waals surface area contributed by atoms with Crippen LogP contribution in [-0.2, 0) is 85.3 Å². The smallest absolute Gasteiger partial charge is 0.416 e. The summed E-state index contributed by atoms with van der Waals surface area (Å²) in [6.45, 7) is 8.76. The molecule has 42 heteroatoms. The van der Waals surface area contributed by atoms with E-state index >= 15 is 0 Å². The first kappa shape index (κ1) is 102. The summed E-state index contributed by atoms with van der Waals surface area (Å²) >= 11 is 0. The molecule has 24 nitrogen and oxygen atoms in total. The highest BCUT2D eigenvalue weighted by Crippen LogP contribution is 2.53. The fourth-order valence-corrected chi connectivity index (χ4v) is 19.6. The maximum Gasteiger partial charge on any atom is 0.416 e. The van der Waals surface area contributed by atoms with Crippen LogP contribution < -0.4 is 28.9 Å². The fourth-order valence-electron chi connectivity index (χ4n) is 19.6. The van der Waals surface area contributed by atoms with Crippen molar-refractivity contribution >= 4 is 53.6 Å². The molecule has 9 fully saturated rings. The number of carbonyl (C=O) groups excluding carboxylic acids is 3. The molecule has 0 radical (unpaired) electrons. The Morgan fingerprint density at radius 3 is 0.790 bits per heavy atom. The zero-order chi connectivity index (χ0) is 103. The van der Waals surface area contributed by atoms with Crippen LogP contribution in [0, 0.1) is 17.8 Å². The number of nitrogens with zero attached hydrogens (tertiary/aromatic N) is 9. The number of hydrogen-bond acceptors (Lipinski definition) is 18. The Hall–Kier alpha value is -13.5. The first-order valence-corrected chi connectivity index (χ1v) is 46.1. The largest absolute Gasteiger partial charge is 0.496 e. The molecule has 6 aliphatic heterocycles. The van der Waals surface area contributed by atoms with Gasteiger partial charge in [-0.2, -0.15) is 79.0 Å². The van der Waals surface area contributed by atoms with Crippen molar-refractivity contribution in [2.75, 3.05) is 75.3 Å². The number of carboxylic acids is 3. The lowest BCUT2D eigenvalue weighted by Crippen LogP contribution is -2.38. The number of methoxy groups -OCH3 is 3. The molecule has 762 valence electrons. The summed E-state index contributed by atoms with van der Waals surface area (Å²) in [5.74, 6) is 1.11. The fraction of sp³-hybridized carbons (Fsp3) is 0.436. The highest BCUT2D eigenvalue weighted by Gasteiger charge is 2.50. The quantitative estimate of drug-likeness (QED) is 0.0335. The van der Waals surface area contributed by atoms with Crippen molar-refractivity contribution in [3.63, 3.8) is 0 Å². The first-order valence-electron chi connectivity index (χ1n) is 46.1. The molecule has 6 atom stereocenters. The predicted molar refractivity (Wildman–Crippen MR) is 480 cm³/mol. The average Bonchev–Trinajstić information content (AvgIpc) is 1.68. The van der Waals surface area contributed by atoms with E-state index in [1.54, 1.807) is 6.07 Å². The molecule has 3 N–H and O–H groups in total. The molecule has 3 saturated carbocycles. The highest BCUT2D eigenvalue weighted by molar-refractivity contribution is 5.81. The average molecular weight is 2020 g/mol. The SMILES string of the molecule is COc1ccc(C2CC(C(=O)O)C2)cc1-c1ccc(N2CCC2)nc1CN1C(=O)O[C@H](c2cc(C(F)(F)F)cc(C(F)(F)F)c2)[C@@H]1C.COc1ccc(C2CC(CC(=O)O)C2)cc1-c1ccc(N2CCC2)nc1CN1C(=O)O[C@H](c2cc(C(F)(F)F)cc(C(F)(F)F)c2)[C@@H]1C.COc1ccc(C2CC(CC(=O)O)C2)cc1-c1ccc(N2CCC2)nc1CN1C(=O)O[C@H](c2cc(C(F)(F)F)cc(C(F)(F)F)c2)[C@@H]1C. The lowest BCUT2D eigenvalue weighted by Gasteiger charge is -2.35. The number of aromatic nitrogens is 3. The standard InChI is InChI=1S/2C34H33F6N3O5.C33H31F6N3O5/c2*1-18-31(22-13-23(33(35,36)37)16-24(14-22)34(38,39)40)48-32(46)43(18)17-27-25(5-7-29(41-27)42-8-3-9-42)26-15-20(4-6-28(26)47-2)21-10-19(11-21)12-30(44)45;1-17-29(20-12-22(32(34,35)36)15-23(13-20)33(37,38)39)47-31(45)42(17)16-26-24(5-7-28(40-26)41-8-3-9-41)25-14-18(4-6-27(25)46-2)19-10-21(11-19)30(43)44/h2*4-7,13-16,18-19,21,31H,3,8-12,17H2,1-2H3,(H,44,45);4-7,12-15,17,19,21,29H,3,8-11,16H2,1-2H3,(H,43,44)/t2*18-,19?,21?,31-;17-,19?,21?,29-/m000/s1. The maximum atomic E-state index is 13.6. The molecular formula is C101H97F18N9O15. The van der Waals surface area contributed by atoms with E-state index in [-0.39, 0.29) is 80.3 Å². The van der Waals surface area contributed by atoms with Gasteiger partial charge >= 0.3 is 73.2 Å². The molecule has 9 aromatic rings. The van der Waals surface area contributed by atoms with Gasteiger partial charge in [0.1, 0.15) is 53.0 Å². The molecule has 0 bridgehead atoms. The minimum absolute atomic E-state index is 0.0286. The van der Waals surface area contributed by atoms with Crippen LogP contribution in [0.25, 0.3) is 33.4 Å². The van der Waals surface area contributed by atoms with Crippen molar-refractivity contribution in [1.82, 2.24) is 29.7 Å². The van der Waals surface area contributed by atoms with Crippen LogP contribution in [0.4, 0.5) is 111 Å². The number of carbonyl (C=O) groups is 6. The van der Waals surface area contributed by atoms with Crippen LogP contribution in [0.1, 0.15) is 211 Å². The second-order valence-electron chi connectivity index (χ2n) is 37.4. The summed E-state index contributed by atoms with van der Waals surface area (Å²) in [5.41, 5.74) is -2.17. The molecule has 6 aromatic carbocycles. The second kappa shape index (κ2) is 40.0. The number of amides is 3. The van der Waals surface area contributed by atoms with Crippen LogP contribution >= 0.6 is 0 Å². The molecule has 9 aliphatic rings. The number of carboxylic acid groups (broad SMARTS) is 3. The van der Waals surface area contributed by atoms with Gasteiger partial charge in [0, 0.05) is 85.5 Å². The molecular weight excluding hydrogens is 1920 g/mol. The van der Waals surface area contributed by atoms with Gasteiger partial charge in [0.15, 0.2) is 0 Å². The van der Waals surface area contributed by atoms with Crippen molar-refractivity contribution < 1.29 is 152 Å². The van der Waals surface area contributed by atoms with Gasteiger partial charge in [-0.15, -0.1) is 0 Å². The molecule has 18 rings (SSSR count). The van der Waals surface area contributed by atoms with E-state index < -0.39 is 166 Å². The molecule has 3 aromatic heterocycles. The normalized spacial score (nSPS) is 22.7. The number of ether oxygens (including phenoxy) is 6. The summed E-state index contributed by atoms with van der Waals surface area (Å²) in [5, 5.41) is 27.6. The minimum Gasteiger partial charge on any atom is -0.496 e. The van der Waals surface area contributed by atoms with Gasteiger partial charge in [0.2, 0.25) is 0 Å². The third-order valence-electron chi connectivity index (χ3n) is 28.2. The number of pyridine rings is 3. The summed E-state index contributed by atoms with van der Waals surface area (Å²) < 4.78 is 278. The van der Waals surface area contributed by atoms with E-state index in [1.165, 1.54) is 56.8 Å². The number of aliphatic carboxylic acids is 3. The van der Waals surface area contributed by atoms with E-state index in [2.05, 4.69) is 0 Å². The van der Waals surface area contributed by atoms with E-state index in [0.717, 1.165) is 101 Å². The van der Waals surface area contributed by atoms with Gasteiger partial charge in [-0.25, -0.2) is 29.3 Å². The van der Waals surface area contributed by atoms with Gasteiger partial charge < -0.3 is 58.4 Å². The monoisotopic (exact) mass is 2020 g/mol. The van der Waals surface area contributed by atoms with Gasteiger partial charge in [0.05, 0.1) is 115 Å². The number of benzene rings is 6. The summed E-state index contributed by atoms with van der Waals surface area (Å²) in [6.07, 6.45) is -30.2. The third-order valence-corrected chi connectivity index (χ3v) is 28.2. The number of halogens is 18.